The fourth-order valence-electron chi connectivity index (χ4n) is 2.67. The predicted molar refractivity (Wildman–Crippen MR) is 82.9 cm³/mol. The summed E-state index contributed by atoms with van der Waals surface area (Å²) in [5.74, 6) is -1.09. The molecule has 1 aliphatic heterocycles. The summed E-state index contributed by atoms with van der Waals surface area (Å²) >= 11 is 0. The van der Waals surface area contributed by atoms with Crippen molar-refractivity contribution in [2.24, 2.45) is 14.1 Å². The first-order chi connectivity index (χ1) is 11.9. The van der Waals surface area contributed by atoms with Gasteiger partial charge in [0.15, 0.2) is 4.90 Å². The molecule has 1 unspecified atom stereocenters. The third-order valence-corrected chi connectivity index (χ3v) is 5.86. The Morgan fingerprint density at radius 1 is 1.31 bits per heavy atom. The van der Waals surface area contributed by atoms with Crippen LogP contribution < -0.4 is 16.6 Å². The van der Waals surface area contributed by atoms with Gasteiger partial charge in [0.1, 0.15) is 12.6 Å². The fraction of sp³-hybridized carbons (Fsp3) is 0.615. The monoisotopic (exact) mass is 398 g/mol. The molecule has 146 valence electrons. The highest BCUT2D eigenvalue weighted by Crippen LogP contribution is 2.25. The molecule has 0 aromatic carbocycles. The molecule has 0 bridgehead atoms. The largest absolute Gasteiger partial charge is 0.405 e. The van der Waals surface area contributed by atoms with Crippen LogP contribution in [0, 0.1) is 0 Å². The fourth-order valence-corrected chi connectivity index (χ4v) is 4.48. The Kier molecular flexibility index (Phi) is 5.33. The standard InChI is InChI=1S/C13H17F3N4O5S/c1-18-6-9(11(22)19(2)12(18)23)26(24,25)20-5-3-4-8(20)10(21)17-7-13(14,15)16/h6,8H,3-5,7H2,1-2H3,(H,17,21). The van der Waals surface area contributed by atoms with Crippen LogP contribution in [0.15, 0.2) is 20.7 Å². The number of aromatic nitrogens is 2. The zero-order valence-electron chi connectivity index (χ0n) is 13.9. The maximum Gasteiger partial charge on any atom is 0.405 e. The van der Waals surface area contributed by atoms with E-state index in [0.717, 1.165) is 17.8 Å². The molecule has 2 rings (SSSR count). The first-order valence-electron chi connectivity index (χ1n) is 7.49. The van der Waals surface area contributed by atoms with Gasteiger partial charge in [-0.15, -0.1) is 0 Å². The number of carbonyl (C=O) groups is 1. The Morgan fingerprint density at radius 2 is 1.92 bits per heavy atom. The number of aryl methyl sites for hydroxylation is 1. The smallest absolute Gasteiger partial charge is 0.346 e. The number of nitrogens with one attached hydrogen (secondary N) is 1. The van der Waals surface area contributed by atoms with Gasteiger partial charge in [-0.05, 0) is 12.8 Å². The van der Waals surface area contributed by atoms with E-state index >= 15 is 0 Å². The summed E-state index contributed by atoms with van der Waals surface area (Å²) in [6, 6.07) is -1.36. The van der Waals surface area contributed by atoms with Gasteiger partial charge >= 0.3 is 11.9 Å². The van der Waals surface area contributed by atoms with Crippen LogP contribution in [0.4, 0.5) is 13.2 Å². The van der Waals surface area contributed by atoms with Crippen molar-refractivity contribution in [2.45, 2.75) is 30.0 Å². The Balaban J connectivity index is 2.38. The number of nitrogens with zero attached hydrogens (tertiary/aromatic N) is 3. The molecular weight excluding hydrogens is 381 g/mol. The van der Waals surface area contributed by atoms with Crippen molar-refractivity contribution in [3.8, 4) is 0 Å². The van der Waals surface area contributed by atoms with Gasteiger partial charge in [0, 0.05) is 26.8 Å². The summed E-state index contributed by atoms with van der Waals surface area (Å²) in [4.78, 5) is 35.1. The van der Waals surface area contributed by atoms with Crippen LogP contribution in [-0.4, -0.2) is 53.1 Å². The van der Waals surface area contributed by atoms with Gasteiger partial charge in [-0.3, -0.25) is 14.2 Å². The Hall–Kier alpha value is -2.15. The minimum atomic E-state index is -4.63. The van der Waals surface area contributed by atoms with E-state index in [1.54, 1.807) is 5.32 Å². The number of hydrogen-bond donors (Lipinski definition) is 1. The third-order valence-electron chi connectivity index (χ3n) is 3.97. The molecule has 1 N–H and O–H groups in total. The van der Waals surface area contributed by atoms with E-state index in [0.29, 0.717) is 8.87 Å². The molecule has 2 heterocycles. The van der Waals surface area contributed by atoms with Crippen LogP contribution in [0.3, 0.4) is 0 Å². The molecule has 9 nitrogen and oxygen atoms in total. The normalized spacial score (nSPS) is 18.9. The van der Waals surface area contributed by atoms with Crippen LogP contribution >= 0.6 is 0 Å². The van der Waals surface area contributed by atoms with Gasteiger partial charge in [-0.1, -0.05) is 0 Å². The lowest BCUT2D eigenvalue weighted by Crippen LogP contribution is -2.49. The molecule has 0 saturated carbocycles. The number of hydrogen-bond acceptors (Lipinski definition) is 5. The first-order valence-corrected chi connectivity index (χ1v) is 8.93. The average Bonchev–Trinajstić information content (AvgIpc) is 3.03. The molecule has 1 aliphatic rings. The molecule has 0 aliphatic carbocycles. The molecule has 0 spiro atoms. The quantitative estimate of drug-likeness (QED) is 0.694. The minimum Gasteiger partial charge on any atom is -0.346 e. The van der Waals surface area contributed by atoms with Gasteiger partial charge in [-0.25, -0.2) is 13.2 Å². The zero-order chi connectivity index (χ0) is 19.9. The summed E-state index contributed by atoms with van der Waals surface area (Å²) < 4.78 is 64.5. The molecule has 13 heteroatoms. The summed E-state index contributed by atoms with van der Waals surface area (Å²) in [6.45, 7) is -1.71. The van der Waals surface area contributed by atoms with E-state index in [2.05, 4.69) is 0 Å². The van der Waals surface area contributed by atoms with Crippen molar-refractivity contribution in [2.75, 3.05) is 13.1 Å². The highest BCUT2D eigenvalue weighted by Gasteiger charge is 2.42. The van der Waals surface area contributed by atoms with Crippen LogP contribution in [0.2, 0.25) is 0 Å². The van der Waals surface area contributed by atoms with Gasteiger partial charge in [0.2, 0.25) is 5.91 Å². The second-order valence-electron chi connectivity index (χ2n) is 5.86. The van der Waals surface area contributed by atoms with Crippen molar-refractivity contribution in [1.82, 2.24) is 18.8 Å². The van der Waals surface area contributed by atoms with Crippen molar-refractivity contribution >= 4 is 15.9 Å². The molecule has 1 amide bonds. The molecule has 1 saturated heterocycles. The molecule has 0 radical (unpaired) electrons. The molecule has 26 heavy (non-hydrogen) atoms. The van der Waals surface area contributed by atoms with Crippen LogP contribution in [0.5, 0.6) is 0 Å². The molecular formula is C13H17F3N4O5S. The summed E-state index contributed by atoms with van der Waals surface area (Å²) in [6.07, 6.45) is -3.53. The summed E-state index contributed by atoms with van der Waals surface area (Å²) in [7, 11) is -2.13. The lowest BCUT2D eigenvalue weighted by Gasteiger charge is -2.23. The predicted octanol–water partition coefficient (Wildman–Crippen LogP) is -1.08. The van der Waals surface area contributed by atoms with Crippen LogP contribution in [0.25, 0.3) is 0 Å². The number of halogens is 3. The number of amides is 1. The lowest BCUT2D eigenvalue weighted by molar-refractivity contribution is -0.140. The van der Waals surface area contributed by atoms with E-state index < -0.39 is 50.8 Å². The van der Waals surface area contributed by atoms with E-state index in [1.807, 2.05) is 0 Å². The SMILES string of the molecule is Cn1cc(S(=O)(=O)N2CCCC2C(=O)NCC(F)(F)F)c(=O)n(C)c1=O. The third kappa shape index (κ3) is 3.82. The number of carbonyl (C=O) groups excluding carboxylic acids is 1. The number of rotatable bonds is 4. The second-order valence-corrected chi connectivity index (χ2v) is 7.72. The highest BCUT2D eigenvalue weighted by atomic mass is 32.2. The van der Waals surface area contributed by atoms with Crippen molar-refractivity contribution in [3.05, 3.63) is 27.0 Å². The van der Waals surface area contributed by atoms with E-state index in [-0.39, 0.29) is 19.4 Å². The maximum absolute atomic E-state index is 12.8. The minimum absolute atomic E-state index is 0.0228. The average molecular weight is 398 g/mol. The Morgan fingerprint density at radius 3 is 2.50 bits per heavy atom. The molecule has 1 fully saturated rings. The molecule has 1 aromatic heterocycles. The second kappa shape index (κ2) is 6.87. The highest BCUT2D eigenvalue weighted by molar-refractivity contribution is 7.89. The van der Waals surface area contributed by atoms with E-state index in [1.165, 1.54) is 7.05 Å². The van der Waals surface area contributed by atoms with Gasteiger partial charge in [0.25, 0.3) is 15.6 Å². The van der Waals surface area contributed by atoms with E-state index in [4.69, 9.17) is 0 Å². The van der Waals surface area contributed by atoms with E-state index in [9.17, 15) is 36.0 Å². The topological polar surface area (TPSA) is 110 Å². The first kappa shape index (κ1) is 20.2. The van der Waals surface area contributed by atoms with Crippen LogP contribution in [-0.2, 0) is 28.9 Å². The van der Waals surface area contributed by atoms with Crippen molar-refractivity contribution < 1.29 is 26.4 Å². The van der Waals surface area contributed by atoms with Gasteiger partial charge in [-0.2, -0.15) is 17.5 Å². The summed E-state index contributed by atoms with van der Waals surface area (Å²) in [5.41, 5.74) is -1.82. The van der Waals surface area contributed by atoms with Crippen molar-refractivity contribution in [3.63, 3.8) is 0 Å². The summed E-state index contributed by atoms with van der Waals surface area (Å²) in [5, 5.41) is 1.66. The number of alkyl halides is 3. The molecule has 1 aromatic rings. The van der Waals surface area contributed by atoms with Crippen molar-refractivity contribution in [1.29, 1.82) is 0 Å². The maximum atomic E-state index is 12.8. The van der Waals surface area contributed by atoms with Crippen LogP contribution in [0.1, 0.15) is 12.8 Å². The zero-order valence-corrected chi connectivity index (χ0v) is 14.7. The van der Waals surface area contributed by atoms with Gasteiger partial charge in [0.05, 0.1) is 0 Å². The van der Waals surface area contributed by atoms with Gasteiger partial charge < -0.3 is 9.88 Å². The Labute approximate surface area is 146 Å². The molecule has 1 atom stereocenters. The number of sulfonamides is 1. The lowest BCUT2D eigenvalue weighted by atomic mass is 10.2. The Bertz CT molecular complexity index is 935.